The molecule has 6 bridgehead atoms. The normalized spacial score (nSPS) is 36.0. The Morgan fingerprint density at radius 3 is 1.07 bits per heavy atom. The summed E-state index contributed by atoms with van der Waals surface area (Å²) in [5.74, 6) is -18.6. The van der Waals surface area contributed by atoms with E-state index < -0.39 is 300 Å². The third kappa shape index (κ3) is 19.7. The van der Waals surface area contributed by atoms with Crippen LogP contribution in [0.4, 0.5) is 0 Å². The molecule has 5 unspecified atom stereocenters. The van der Waals surface area contributed by atoms with Crippen molar-refractivity contribution in [3.63, 3.8) is 0 Å². The number of aliphatic hydroxyl groups excluding tert-OH is 5. The SMILES string of the molecule is C=C(O)O[C@H]1C2C(=O)[C@@H](OC(C)=O)CC(C)[C@@]2(C)C(=O)[C@H](OC(C)=O)C2=C(C)[C@@H](O)C[C@]1(O)C2(C)C.CC(=O)O[C@H]1C(=O)[C@@]2(C)C([C@H](OC(=O)c3ccccc3)[C@]3(O)C[C@H](O)C(C)=C1C3(C)C)[C@]1(OC(C)=O)CO[C@@H]1C[C@@H]2C.CC(=O)O[C@H]1C(=O)[C@]2(C)C(C)C[C@H](OC(C)=O)[C@@](O)(CO)C2[C@H](OC(=O)c2ccccc2)[C@]2(O)C[C@H](O)C(C)=C1C2(C)C.CC(=O)[O][Pb]([O]C(C)=O)([O]C(C)=O)[O]C(C)=O. The third-order valence-corrected chi connectivity index (χ3v) is 39.2. The second kappa shape index (κ2) is 40.5. The van der Waals surface area contributed by atoms with Gasteiger partial charge in [0.1, 0.15) is 52.9 Å². The number of carbonyl (C=O) groups is 16. The van der Waals surface area contributed by atoms with E-state index in [4.69, 9.17) is 47.4 Å². The number of fused-ring (bicyclic) bond motifs is 11. The van der Waals surface area contributed by atoms with E-state index in [9.17, 15) is 123 Å². The number of Topliss-reactive ketones (excluding diaryl/α,β-unsaturated/α-hetero) is 4. The predicted molar refractivity (Wildman–Crippen MR) is 477 cm³/mol. The van der Waals surface area contributed by atoms with Crippen LogP contribution in [-0.2, 0) is 125 Å². The van der Waals surface area contributed by atoms with Gasteiger partial charge in [-0.15, -0.1) is 0 Å². The molecule has 6 saturated carbocycles. The number of ketones is 4. The maximum absolute atomic E-state index is 15.0. The molecule has 0 spiro atoms. The Morgan fingerprint density at radius 2 is 0.746 bits per heavy atom. The summed E-state index contributed by atoms with van der Waals surface area (Å²) in [6, 6.07) is 16.2. The van der Waals surface area contributed by atoms with Gasteiger partial charge in [-0.3, -0.25) is 47.9 Å². The van der Waals surface area contributed by atoms with Gasteiger partial charge in [-0.2, -0.15) is 0 Å². The molecule has 9 N–H and O–H groups in total. The van der Waals surface area contributed by atoms with E-state index >= 15 is 0 Å². The van der Waals surface area contributed by atoms with Crippen LogP contribution in [-0.4, -0.2) is 278 Å². The average molecular weight is 2140 g/mol. The summed E-state index contributed by atoms with van der Waals surface area (Å²) in [7, 11) is 0. The van der Waals surface area contributed by atoms with Crippen LogP contribution in [0.1, 0.15) is 232 Å². The topological polar surface area (TPSA) is 584 Å². The Kier molecular flexibility index (Phi) is 32.7. The van der Waals surface area contributed by atoms with Gasteiger partial charge in [-0.1, -0.05) is 119 Å². The standard InChI is InChI=1S/C32H42O11.C32H40O10.C26H36O10.4C2H4O2.Pb/c1-16-13-22(41-18(3)34)31(39,15-33)25-27(43-28(38)20-11-9-8-10-12-20)32(40)14-21(36)17(2)23(29(32,5)6)24(42-19(4)35)26(37)30(16,25)7;1-16-13-22-31(15-39-22,42-19(4)34)25-27(41-28(37)20-11-9-8-10-12-20)32(38)14-21(35)17(2)23(29(32,5)6)24(40-18(3)33)26(36)30(16,25)7;1-11-9-17(34-13(3)27)20(31)19-23(36-15(5)29)26(33)10-16(30)12(2)18(24(26,6)7)21(35-14(4)28)22(32)25(11,19)8;4*1-2(3)4;/h8-12,16,21-22,24-25,27,33,36,39-40H,13-15H2,1-7H3;8-12,16,21-22,24-25,27,35,38H,13-15H2,1-7H3;11,16-17,19,21,23,29-30,33H,5,9-10H2,1-4,6-8H3;4*1H3,(H,3,4);/q;;;;;;;+4/p-4/t16?,21-,22-,24+,25?,27-,30+,31-,32+;16-,21-,22+,24+,25?,27-,30+,31-,32+;11?,16-,17-,19?,21+,23-,25+,26+;;;;;/m000...../s1. The molecule has 0 radical (unpaired) electrons. The van der Waals surface area contributed by atoms with Crippen molar-refractivity contribution in [1.82, 2.24) is 0 Å². The molecule has 0 aromatic heterocycles. The van der Waals surface area contributed by atoms with Gasteiger partial charge < -0.3 is 93.3 Å². The van der Waals surface area contributed by atoms with Crippen molar-refractivity contribution in [3.8, 4) is 0 Å². The van der Waals surface area contributed by atoms with Gasteiger partial charge in [0.05, 0.1) is 54.5 Å². The maximum atomic E-state index is 15.0. The van der Waals surface area contributed by atoms with E-state index in [1.165, 1.54) is 39.8 Å². The molecule has 1 heterocycles. The van der Waals surface area contributed by atoms with E-state index in [1.54, 1.807) is 132 Å². The molecular weight excluding hydrogens is 2010 g/mol. The number of benzene rings is 2. The van der Waals surface area contributed by atoms with Gasteiger partial charge in [0, 0.05) is 99.2 Å². The quantitative estimate of drug-likeness (QED) is 0.0272. The molecule has 2 aromatic rings. The number of ether oxygens (including phenoxy) is 10. The molecule has 7 fully saturated rings. The molecule has 9 aliphatic carbocycles. The number of rotatable bonds is 17. The summed E-state index contributed by atoms with van der Waals surface area (Å²) in [5.41, 5.74) is -17.0. The van der Waals surface area contributed by atoms with Gasteiger partial charge in [0.2, 0.25) is 0 Å². The van der Waals surface area contributed by atoms with Crippen molar-refractivity contribution in [2.75, 3.05) is 13.2 Å². The van der Waals surface area contributed by atoms with E-state index in [2.05, 4.69) is 17.3 Å². The van der Waals surface area contributed by atoms with Crippen molar-refractivity contribution in [2.24, 2.45) is 68.0 Å². The van der Waals surface area contributed by atoms with Crippen LogP contribution < -0.4 is 0 Å². The third-order valence-electron chi connectivity index (χ3n) is 30.9. The van der Waals surface area contributed by atoms with Crippen LogP contribution in [0.15, 0.2) is 107 Å². The minimum atomic E-state index is -5.43. The molecule has 760 valence electrons. The molecule has 39 nitrogen and oxygen atoms in total. The first-order valence-corrected chi connectivity index (χ1v) is 51.7. The van der Waals surface area contributed by atoms with Gasteiger partial charge in [-0.05, 0) is 122 Å². The summed E-state index contributed by atoms with van der Waals surface area (Å²) in [6.07, 6.45) is -17.0. The molecule has 40 heteroatoms. The summed E-state index contributed by atoms with van der Waals surface area (Å²) in [5, 5.41) is 105. The number of esters is 8. The average Bonchev–Trinajstić information content (AvgIpc) is 0.665. The molecule has 138 heavy (non-hydrogen) atoms. The van der Waals surface area contributed by atoms with Crippen LogP contribution in [0.3, 0.4) is 0 Å². The molecule has 26 atom stereocenters. The monoisotopic (exact) mass is 2140 g/mol. The van der Waals surface area contributed by atoms with Crippen molar-refractivity contribution in [1.29, 1.82) is 0 Å². The number of aliphatic hydroxyl groups is 9. The predicted octanol–water partition coefficient (Wildman–Crippen LogP) is 6.40. The molecule has 1 aliphatic heterocycles. The second-order valence-corrected chi connectivity index (χ2v) is 47.2. The van der Waals surface area contributed by atoms with Gasteiger partial charge in [0.25, 0.3) is 5.95 Å². The number of hydrogen-bond acceptors (Lipinski definition) is 39. The Morgan fingerprint density at radius 1 is 0.420 bits per heavy atom. The Balaban J connectivity index is 0.000000214. The molecule has 0 amide bonds. The molecule has 2 aromatic carbocycles. The molecular formula is C98H130O39Pb. The van der Waals surface area contributed by atoms with Crippen LogP contribution in [0.5, 0.6) is 0 Å². The minimum absolute atomic E-state index is 0.0131. The van der Waals surface area contributed by atoms with Crippen molar-refractivity contribution >= 4 is 118 Å². The first-order chi connectivity index (χ1) is 63.5. The van der Waals surface area contributed by atoms with E-state index in [0.717, 1.165) is 55.4 Å². The summed E-state index contributed by atoms with van der Waals surface area (Å²) >= 11 is -5.43. The molecule has 1 saturated heterocycles. The molecule has 12 rings (SSSR count). The Labute approximate surface area is 805 Å². The number of hydrogen-bond donors (Lipinski definition) is 9. The van der Waals surface area contributed by atoms with Gasteiger partial charge >= 0.3 is 152 Å². The summed E-state index contributed by atoms with van der Waals surface area (Å²) in [4.78, 5) is 203. The zero-order chi connectivity index (χ0) is 104. The van der Waals surface area contributed by atoms with Crippen molar-refractivity contribution < 1.29 is 181 Å². The summed E-state index contributed by atoms with van der Waals surface area (Å²) < 4.78 is 76.3. The van der Waals surface area contributed by atoms with Crippen LogP contribution in [0.2, 0.25) is 0 Å². The van der Waals surface area contributed by atoms with E-state index in [1.807, 2.05) is 6.92 Å². The Hall–Kier alpha value is -10.1. The van der Waals surface area contributed by atoms with Crippen molar-refractivity contribution in [3.05, 3.63) is 118 Å². The fourth-order valence-corrected chi connectivity index (χ4v) is 29.8. The van der Waals surface area contributed by atoms with Crippen molar-refractivity contribution in [2.45, 2.75) is 313 Å². The van der Waals surface area contributed by atoms with Gasteiger partial charge in [0.15, 0.2) is 53.1 Å². The zero-order valence-corrected chi connectivity index (χ0v) is 86.2. The zero-order valence-electron chi connectivity index (χ0n) is 82.3. The van der Waals surface area contributed by atoms with Crippen LogP contribution in [0, 0.1) is 68.0 Å². The summed E-state index contributed by atoms with van der Waals surface area (Å²) in [6.45, 7) is 37.8. The van der Waals surface area contributed by atoms with E-state index in [-0.39, 0.29) is 66.6 Å². The number of carbonyl (C=O) groups excluding carboxylic acids is 16. The Bertz CT molecular complexity index is 5230. The fourth-order valence-electron chi connectivity index (χ4n) is 23.4. The first-order valence-electron chi connectivity index (χ1n) is 45.3. The fraction of sp³-hybridized carbons (Fsp3) is 0.633. The van der Waals surface area contributed by atoms with Gasteiger partial charge in [-0.25, -0.2) is 9.59 Å². The first kappa shape index (κ1) is 112. The van der Waals surface area contributed by atoms with Crippen LogP contribution >= 0.6 is 0 Å². The molecule has 10 aliphatic rings. The van der Waals surface area contributed by atoms with E-state index in [0.29, 0.717) is 23.1 Å². The second-order valence-electron chi connectivity index (χ2n) is 40.1. The van der Waals surface area contributed by atoms with Crippen LogP contribution in [0.25, 0.3) is 0 Å².